The zero-order chi connectivity index (χ0) is 13.0. The Labute approximate surface area is 107 Å². The fourth-order valence-electron chi connectivity index (χ4n) is 2.40. The minimum Gasteiger partial charge on any atom is -0.309 e. The summed E-state index contributed by atoms with van der Waals surface area (Å²) in [6, 6.07) is 4.76. The third kappa shape index (κ3) is 4.25. The molecule has 0 aliphatic carbocycles. The third-order valence-corrected chi connectivity index (χ3v) is 3.79. The number of hydrogen-bond donors (Lipinski definition) is 1. The van der Waals surface area contributed by atoms with E-state index in [0.29, 0.717) is 11.8 Å². The normalized spacial score (nSPS) is 14.6. The van der Waals surface area contributed by atoms with Gasteiger partial charge in [0, 0.05) is 35.4 Å². The first kappa shape index (κ1) is 14.4. The lowest BCUT2D eigenvalue weighted by Crippen LogP contribution is -2.24. The second kappa shape index (κ2) is 6.31. The average molecular weight is 253 g/mol. The van der Waals surface area contributed by atoms with Crippen LogP contribution in [0.4, 0.5) is 0 Å². The zero-order valence-electron chi connectivity index (χ0n) is 11.5. The highest BCUT2D eigenvalue weighted by molar-refractivity contribution is 7.84. The lowest BCUT2D eigenvalue weighted by molar-refractivity contribution is 0.591. The van der Waals surface area contributed by atoms with E-state index in [1.807, 2.05) is 0 Å². The van der Waals surface area contributed by atoms with Gasteiger partial charge < -0.3 is 5.32 Å². The van der Waals surface area contributed by atoms with Crippen LogP contribution < -0.4 is 5.32 Å². The van der Waals surface area contributed by atoms with Crippen molar-refractivity contribution in [1.29, 1.82) is 0 Å². The largest absolute Gasteiger partial charge is 0.309 e. The lowest BCUT2D eigenvalue weighted by Gasteiger charge is -2.19. The highest BCUT2D eigenvalue weighted by Gasteiger charge is 2.11. The van der Waals surface area contributed by atoms with Crippen LogP contribution in [0, 0.1) is 20.8 Å². The summed E-state index contributed by atoms with van der Waals surface area (Å²) in [4.78, 5) is 0. The summed E-state index contributed by atoms with van der Waals surface area (Å²) in [6.07, 6.45) is 1.74. The Morgan fingerprint density at radius 2 is 1.76 bits per heavy atom. The maximum absolute atomic E-state index is 11.0. The predicted molar refractivity (Wildman–Crippen MR) is 76.0 cm³/mol. The van der Waals surface area contributed by atoms with Crippen LogP contribution in [-0.4, -0.2) is 22.8 Å². The molecule has 2 unspecified atom stereocenters. The molecule has 0 aliphatic heterocycles. The molecular weight excluding hydrogens is 230 g/mol. The van der Waals surface area contributed by atoms with Gasteiger partial charge in [-0.15, -0.1) is 0 Å². The van der Waals surface area contributed by atoms with Crippen LogP contribution in [-0.2, 0) is 10.8 Å². The summed E-state index contributed by atoms with van der Waals surface area (Å²) >= 11 is 0. The summed E-state index contributed by atoms with van der Waals surface area (Å²) in [6.45, 7) is 9.42. The molecule has 0 spiro atoms. The molecule has 0 fully saturated rings. The van der Waals surface area contributed by atoms with Gasteiger partial charge >= 0.3 is 0 Å². The highest BCUT2D eigenvalue weighted by atomic mass is 32.2. The van der Waals surface area contributed by atoms with Crippen LogP contribution in [0.2, 0.25) is 0 Å². The van der Waals surface area contributed by atoms with Crippen molar-refractivity contribution in [3.8, 4) is 0 Å². The molecule has 0 saturated heterocycles. The van der Waals surface area contributed by atoms with Crippen LogP contribution in [0.1, 0.15) is 35.2 Å². The van der Waals surface area contributed by atoms with Gasteiger partial charge in [0.15, 0.2) is 0 Å². The van der Waals surface area contributed by atoms with Gasteiger partial charge in [-0.25, -0.2) is 0 Å². The van der Waals surface area contributed by atoms with Crippen LogP contribution in [0.25, 0.3) is 0 Å². The summed E-state index contributed by atoms with van der Waals surface area (Å²) < 4.78 is 11.0. The van der Waals surface area contributed by atoms with E-state index in [4.69, 9.17) is 0 Å². The van der Waals surface area contributed by atoms with Crippen molar-refractivity contribution >= 4 is 10.8 Å². The van der Waals surface area contributed by atoms with Gasteiger partial charge in [0.2, 0.25) is 0 Å². The molecule has 3 heteroatoms. The Kier molecular flexibility index (Phi) is 5.34. The van der Waals surface area contributed by atoms with Crippen molar-refractivity contribution in [3.05, 3.63) is 34.4 Å². The van der Waals surface area contributed by atoms with E-state index in [-0.39, 0.29) is 0 Å². The lowest BCUT2D eigenvalue weighted by atomic mass is 9.95. The molecule has 17 heavy (non-hydrogen) atoms. The Hall–Kier alpha value is -0.670. The number of benzene rings is 1. The van der Waals surface area contributed by atoms with E-state index in [0.717, 1.165) is 6.54 Å². The van der Waals surface area contributed by atoms with Gasteiger partial charge in [-0.1, -0.05) is 17.7 Å². The molecule has 0 saturated carbocycles. The molecule has 0 radical (unpaired) electrons. The first-order valence-corrected chi connectivity index (χ1v) is 7.75. The minimum absolute atomic E-state index is 0.319. The highest BCUT2D eigenvalue weighted by Crippen LogP contribution is 2.23. The first-order valence-electron chi connectivity index (χ1n) is 6.03. The van der Waals surface area contributed by atoms with Crippen LogP contribution in [0.5, 0.6) is 0 Å². The molecule has 0 bridgehead atoms. The smallest absolute Gasteiger partial charge is 0.0357 e. The number of rotatable bonds is 5. The molecule has 1 aromatic rings. The zero-order valence-corrected chi connectivity index (χ0v) is 12.3. The van der Waals surface area contributed by atoms with Crippen LogP contribution in [0.15, 0.2) is 12.1 Å². The van der Waals surface area contributed by atoms with E-state index in [1.165, 1.54) is 22.3 Å². The van der Waals surface area contributed by atoms with Crippen molar-refractivity contribution in [2.45, 2.75) is 33.7 Å². The SMILES string of the molecule is Cc1cc(C)c(C(C)NCCS(C)=O)c(C)c1. The monoisotopic (exact) mass is 253 g/mol. The molecule has 1 rings (SSSR count). The maximum Gasteiger partial charge on any atom is 0.0357 e. The Morgan fingerprint density at radius 1 is 1.24 bits per heavy atom. The Bertz CT molecular complexity index is 392. The van der Waals surface area contributed by atoms with Crippen molar-refractivity contribution < 1.29 is 4.21 Å². The molecule has 1 N–H and O–H groups in total. The van der Waals surface area contributed by atoms with E-state index in [9.17, 15) is 4.21 Å². The van der Waals surface area contributed by atoms with Gasteiger partial charge in [-0.3, -0.25) is 4.21 Å². The van der Waals surface area contributed by atoms with Crippen molar-refractivity contribution in [2.75, 3.05) is 18.6 Å². The Balaban J connectivity index is 2.75. The molecule has 1 aromatic carbocycles. The maximum atomic E-state index is 11.0. The van der Waals surface area contributed by atoms with Crippen molar-refractivity contribution in [1.82, 2.24) is 5.32 Å². The topological polar surface area (TPSA) is 29.1 Å². The van der Waals surface area contributed by atoms with Gasteiger partial charge in [-0.05, 0) is 44.4 Å². The molecule has 0 aliphatic rings. The van der Waals surface area contributed by atoms with Gasteiger partial charge in [0.25, 0.3) is 0 Å². The molecule has 2 nitrogen and oxygen atoms in total. The number of aryl methyl sites for hydroxylation is 3. The minimum atomic E-state index is -0.715. The summed E-state index contributed by atoms with van der Waals surface area (Å²) in [5.74, 6) is 0.717. The molecular formula is C14H23NOS. The van der Waals surface area contributed by atoms with Crippen LogP contribution in [0.3, 0.4) is 0 Å². The van der Waals surface area contributed by atoms with E-state index in [1.54, 1.807) is 6.26 Å². The summed E-state index contributed by atoms with van der Waals surface area (Å²) in [7, 11) is -0.715. The predicted octanol–water partition coefficient (Wildman–Crippen LogP) is 2.64. The molecule has 96 valence electrons. The molecule has 0 heterocycles. The fraction of sp³-hybridized carbons (Fsp3) is 0.571. The molecule has 2 atom stereocenters. The van der Waals surface area contributed by atoms with Crippen LogP contribution >= 0.6 is 0 Å². The molecule has 0 amide bonds. The van der Waals surface area contributed by atoms with E-state index < -0.39 is 10.8 Å². The average Bonchev–Trinajstić information content (AvgIpc) is 2.14. The Morgan fingerprint density at radius 3 is 2.24 bits per heavy atom. The third-order valence-electron chi connectivity index (χ3n) is 3.01. The molecule has 0 aromatic heterocycles. The second-order valence-electron chi connectivity index (χ2n) is 4.77. The van der Waals surface area contributed by atoms with Gasteiger partial charge in [-0.2, -0.15) is 0 Å². The van der Waals surface area contributed by atoms with Crippen molar-refractivity contribution in [2.24, 2.45) is 0 Å². The van der Waals surface area contributed by atoms with Gasteiger partial charge in [0.1, 0.15) is 0 Å². The first-order chi connectivity index (χ1) is 7.91. The van der Waals surface area contributed by atoms with Crippen molar-refractivity contribution in [3.63, 3.8) is 0 Å². The number of nitrogens with one attached hydrogen (secondary N) is 1. The fourth-order valence-corrected chi connectivity index (χ4v) is 2.80. The van der Waals surface area contributed by atoms with E-state index in [2.05, 4.69) is 45.1 Å². The standard InChI is InChI=1S/C14H23NOS/c1-10-8-11(2)14(12(3)9-10)13(4)15-6-7-17(5)16/h8-9,13,15H,6-7H2,1-5H3. The second-order valence-corrected chi connectivity index (χ2v) is 6.32. The van der Waals surface area contributed by atoms with E-state index >= 15 is 0 Å². The van der Waals surface area contributed by atoms with Gasteiger partial charge in [0.05, 0.1) is 0 Å². The quantitative estimate of drug-likeness (QED) is 0.874. The number of hydrogen-bond acceptors (Lipinski definition) is 2. The summed E-state index contributed by atoms with van der Waals surface area (Å²) in [5, 5.41) is 3.44. The summed E-state index contributed by atoms with van der Waals surface area (Å²) in [5.41, 5.74) is 5.35.